The van der Waals surface area contributed by atoms with Gasteiger partial charge in [-0.05, 0) is 26.8 Å². The number of hydrogen-bond donors (Lipinski definition) is 0. The second kappa shape index (κ2) is 3.29. The van der Waals surface area contributed by atoms with E-state index in [1.54, 1.807) is 0 Å². The van der Waals surface area contributed by atoms with E-state index in [1.807, 2.05) is 7.05 Å². The van der Waals surface area contributed by atoms with Crippen molar-refractivity contribution in [1.82, 2.24) is 4.90 Å². The van der Waals surface area contributed by atoms with Crippen LogP contribution >= 0.6 is 0 Å². The maximum Gasteiger partial charge on any atom is 0.242 e. The third-order valence-electron chi connectivity index (χ3n) is 3.25. The molecule has 0 spiro atoms. The monoisotopic (exact) mass is 177 g/mol. The predicted molar refractivity (Wildman–Crippen MR) is 45.4 cm³/mol. The van der Waals surface area contributed by atoms with Gasteiger partial charge in [-0.1, -0.05) is 6.92 Å². The summed E-state index contributed by atoms with van der Waals surface area (Å²) >= 11 is 0. The number of likely N-dealkylation sites (tertiary alicyclic amines) is 1. The number of alkyl halides is 2. The molecule has 0 saturated carbocycles. The molecule has 0 radical (unpaired) electrons. The van der Waals surface area contributed by atoms with E-state index in [1.165, 1.54) is 0 Å². The van der Waals surface area contributed by atoms with Crippen molar-refractivity contribution in [2.75, 3.05) is 13.6 Å². The van der Waals surface area contributed by atoms with Crippen molar-refractivity contribution in [3.05, 3.63) is 0 Å². The first-order valence-corrected chi connectivity index (χ1v) is 4.49. The predicted octanol–water partition coefficient (Wildman–Crippen LogP) is 2.37. The van der Waals surface area contributed by atoms with Crippen LogP contribution in [0.3, 0.4) is 0 Å². The van der Waals surface area contributed by atoms with E-state index in [9.17, 15) is 8.78 Å². The first-order valence-electron chi connectivity index (χ1n) is 4.49. The average molecular weight is 177 g/mol. The molecule has 0 N–H and O–H groups in total. The number of nitrogens with zero attached hydrogens (tertiary/aromatic N) is 1. The van der Waals surface area contributed by atoms with E-state index in [0.29, 0.717) is 13.0 Å². The summed E-state index contributed by atoms with van der Waals surface area (Å²) in [6, 6.07) is 0. The van der Waals surface area contributed by atoms with E-state index >= 15 is 0 Å². The summed E-state index contributed by atoms with van der Waals surface area (Å²) < 4.78 is 24.7. The fraction of sp³-hybridized carbons (Fsp3) is 1.00. The van der Waals surface area contributed by atoms with Gasteiger partial charge in [-0.3, -0.25) is 0 Å². The summed E-state index contributed by atoms with van der Waals surface area (Å²) in [7, 11) is 1.94. The Balaban J connectivity index is 2.61. The van der Waals surface area contributed by atoms with Crippen molar-refractivity contribution in [3.63, 3.8) is 0 Å². The van der Waals surface area contributed by atoms with Crippen molar-refractivity contribution in [1.29, 1.82) is 0 Å². The van der Waals surface area contributed by atoms with Crippen LogP contribution in [0.5, 0.6) is 0 Å². The molecular formula is C9H17F2N. The zero-order chi connectivity index (χ0) is 9.35. The Kier molecular flexibility index (Phi) is 2.71. The molecule has 1 nitrogen and oxygen atoms in total. The Morgan fingerprint density at radius 2 is 2.17 bits per heavy atom. The zero-order valence-corrected chi connectivity index (χ0v) is 7.98. The van der Waals surface area contributed by atoms with Crippen LogP contribution in [-0.2, 0) is 0 Å². The highest BCUT2D eigenvalue weighted by atomic mass is 19.3. The maximum atomic E-state index is 12.4. The van der Waals surface area contributed by atoms with Gasteiger partial charge in [0, 0.05) is 18.0 Å². The Labute approximate surface area is 72.7 Å². The highest BCUT2D eigenvalue weighted by Gasteiger charge is 2.41. The van der Waals surface area contributed by atoms with Crippen LogP contribution in [0.1, 0.15) is 26.7 Å². The van der Waals surface area contributed by atoms with Gasteiger partial charge in [0.1, 0.15) is 0 Å². The molecule has 0 bridgehead atoms. The molecule has 1 aliphatic rings. The fourth-order valence-corrected chi connectivity index (χ4v) is 1.94. The number of hydrogen-bond acceptors (Lipinski definition) is 1. The summed E-state index contributed by atoms with van der Waals surface area (Å²) in [6.45, 7) is 4.67. The molecule has 1 saturated heterocycles. The highest BCUT2D eigenvalue weighted by Crippen LogP contribution is 2.36. The molecule has 12 heavy (non-hydrogen) atoms. The Morgan fingerprint density at radius 3 is 2.42 bits per heavy atom. The molecule has 1 heterocycles. The molecule has 72 valence electrons. The van der Waals surface area contributed by atoms with Crippen LogP contribution in [0, 0.1) is 5.92 Å². The van der Waals surface area contributed by atoms with Crippen LogP contribution in [0.15, 0.2) is 0 Å². The van der Waals surface area contributed by atoms with Gasteiger partial charge in [0.25, 0.3) is 0 Å². The van der Waals surface area contributed by atoms with Gasteiger partial charge in [0.15, 0.2) is 0 Å². The van der Waals surface area contributed by atoms with Crippen molar-refractivity contribution >= 4 is 0 Å². The van der Waals surface area contributed by atoms with Crippen LogP contribution < -0.4 is 0 Å². The minimum atomic E-state index is -2.15. The first kappa shape index (κ1) is 9.90. The minimum absolute atomic E-state index is 0.00109. The Morgan fingerprint density at radius 1 is 1.58 bits per heavy atom. The van der Waals surface area contributed by atoms with Crippen molar-refractivity contribution in [2.45, 2.75) is 38.7 Å². The lowest BCUT2D eigenvalue weighted by molar-refractivity contribution is 0.0818. The number of rotatable bonds is 2. The van der Waals surface area contributed by atoms with Gasteiger partial charge >= 0.3 is 0 Å². The zero-order valence-electron chi connectivity index (χ0n) is 7.98. The topological polar surface area (TPSA) is 3.24 Å². The van der Waals surface area contributed by atoms with Crippen molar-refractivity contribution in [3.8, 4) is 0 Å². The molecule has 0 aliphatic carbocycles. The van der Waals surface area contributed by atoms with Crippen molar-refractivity contribution < 1.29 is 8.78 Å². The Hall–Kier alpha value is -0.180. The lowest BCUT2D eigenvalue weighted by atomic mass is 9.92. The first-order chi connectivity index (χ1) is 5.49. The minimum Gasteiger partial charge on any atom is -0.300 e. The summed E-state index contributed by atoms with van der Waals surface area (Å²) in [4.78, 5) is 2.06. The van der Waals surface area contributed by atoms with Crippen LogP contribution in [0.4, 0.5) is 8.78 Å². The van der Waals surface area contributed by atoms with Gasteiger partial charge in [-0.15, -0.1) is 0 Å². The Bertz CT molecular complexity index is 161. The van der Waals surface area contributed by atoms with E-state index < -0.39 is 12.3 Å². The van der Waals surface area contributed by atoms with Crippen LogP contribution in [0.2, 0.25) is 0 Å². The fourth-order valence-electron chi connectivity index (χ4n) is 1.94. The van der Waals surface area contributed by atoms with Gasteiger partial charge in [0.2, 0.25) is 6.43 Å². The third kappa shape index (κ3) is 1.60. The summed E-state index contributed by atoms with van der Waals surface area (Å²) in [5.41, 5.74) is 0.00109. The summed E-state index contributed by atoms with van der Waals surface area (Å²) in [5.74, 6) is -0.417. The van der Waals surface area contributed by atoms with Crippen LogP contribution in [0.25, 0.3) is 0 Å². The number of halogens is 2. The molecule has 1 rings (SSSR count). The SMILES string of the molecule is CC[C@]1(C)C[C@H](C(F)F)CN1C. The van der Waals surface area contributed by atoms with Crippen LogP contribution in [-0.4, -0.2) is 30.5 Å². The molecule has 2 atom stereocenters. The van der Waals surface area contributed by atoms with E-state index in [0.717, 1.165) is 6.42 Å². The molecule has 0 amide bonds. The molecule has 1 fully saturated rings. The second-order valence-electron chi connectivity index (χ2n) is 4.03. The van der Waals surface area contributed by atoms with Crippen molar-refractivity contribution in [2.24, 2.45) is 5.92 Å². The largest absolute Gasteiger partial charge is 0.300 e. The molecule has 3 heteroatoms. The molecule has 0 aromatic carbocycles. The van der Waals surface area contributed by atoms with E-state index in [2.05, 4.69) is 18.7 Å². The lowest BCUT2D eigenvalue weighted by Crippen LogP contribution is -2.37. The van der Waals surface area contributed by atoms with Gasteiger partial charge < -0.3 is 4.90 Å². The molecule has 0 unspecified atom stereocenters. The third-order valence-corrected chi connectivity index (χ3v) is 3.25. The van der Waals surface area contributed by atoms with Gasteiger partial charge in [-0.25, -0.2) is 8.78 Å². The second-order valence-corrected chi connectivity index (χ2v) is 4.03. The van der Waals surface area contributed by atoms with E-state index in [4.69, 9.17) is 0 Å². The van der Waals surface area contributed by atoms with E-state index in [-0.39, 0.29) is 5.54 Å². The summed E-state index contributed by atoms with van der Waals surface area (Å²) in [5, 5.41) is 0. The molecule has 0 aromatic heterocycles. The quantitative estimate of drug-likeness (QED) is 0.626. The average Bonchev–Trinajstić information content (AvgIpc) is 2.30. The molecule has 1 aliphatic heterocycles. The van der Waals surface area contributed by atoms with Gasteiger partial charge in [0.05, 0.1) is 0 Å². The molecule has 0 aromatic rings. The summed E-state index contributed by atoms with van der Waals surface area (Å²) in [6.07, 6.45) is -0.564. The lowest BCUT2D eigenvalue weighted by Gasteiger charge is -2.30. The normalized spacial score (nSPS) is 38.0. The standard InChI is InChI=1S/C9H17F2N/c1-4-9(2)5-7(8(10)11)6-12(9)3/h7-8H,4-6H2,1-3H3/t7-,9+/m0/s1. The smallest absolute Gasteiger partial charge is 0.242 e. The maximum absolute atomic E-state index is 12.4. The highest BCUT2D eigenvalue weighted by molar-refractivity contribution is 4.94. The molecular weight excluding hydrogens is 160 g/mol. The van der Waals surface area contributed by atoms with Gasteiger partial charge in [-0.2, -0.15) is 0 Å².